The van der Waals surface area contributed by atoms with Crippen LogP contribution >= 0.6 is 7.14 Å². The summed E-state index contributed by atoms with van der Waals surface area (Å²) in [4.78, 5) is 27.7. The topological polar surface area (TPSA) is 83.8 Å². The number of aryl methyl sites for hydroxylation is 6. The third-order valence-electron chi connectivity index (χ3n) is 6.43. The van der Waals surface area contributed by atoms with Crippen molar-refractivity contribution in [1.29, 1.82) is 0 Å². The molecule has 1 N–H and O–H groups in total. The van der Waals surface area contributed by atoms with Crippen molar-refractivity contribution in [3.63, 3.8) is 0 Å². The van der Waals surface area contributed by atoms with Gasteiger partial charge in [0.1, 0.15) is 6.21 Å². The summed E-state index contributed by atoms with van der Waals surface area (Å²) in [6, 6.07) is 25.2. The summed E-state index contributed by atoms with van der Waals surface area (Å²) >= 11 is 0. The summed E-state index contributed by atoms with van der Waals surface area (Å²) in [7, 11) is -4.11. The lowest BCUT2D eigenvalue weighted by Crippen LogP contribution is -2.23. The first-order valence-electron chi connectivity index (χ1n) is 12.6. The molecule has 4 aromatic rings. The van der Waals surface area contributed by atoms with E-state index < -0.39 is 18.2 Å². The minimum Gasteiger partial charge on any atom is -0.410 e. The molecular formula is C33H33NO4P. The molecule has 0 spiro atoms. The van der Waals surface area contributed by atoms with Gasteiger partial charge < -0.3 is 9.77 Å². The third kappa shape index (κ3) is 6.50. The normalized spacial score (nSPS) is 11.1. The van der Waals surface area contributed by atoms with Crippen LogP contribution in [0.2, 0.25) is 0 Å². The van der Waals surface area contributed by atoms with E-state index in [1.54, 1.807) is 42.5 Å². The second kappa shape index (κ2) is 12.6. The van der Waals surface area contributed by atoms with Crippen LogP contribution in [0.25, 0.3) is 0 Å². The van der Waals surface area contributed by atoms with Crippen molar-refractivity contribution in [3.8, 4) is 0 Å². The lowest BCUT2D eigenvalue weighted by molar-refractivity contribution is 0.104. The van der Waals surface area contributed by atoms with E-state index in [-0.39, 0.29) is 5.30 Å². The molecule has 6 heteroatoms. The Labute approximate surface area is 230 Å². The molecule has 0 amide bonds. The van der Waals surface area contributed by atoms with Crippen molar-refractivity contribution in [2.24, 2.45) is 5.16 Å². The van der Waals surface area contributed by atoms with Crippen molar-refractivity contribution < 1.29 is 19.4 Å². The maximum atomic E-state index is 14.5. The molecule has 4 rings (SSSR count). The van der Waals surface area contributed by atoms with E-state index in [9.17, 15) is 14.2 Å². The average molecular weight is 539 g/mol. The van der Waals surface area contributed by atoms with Crippen molar-refractivity contribution >= 4 is 29.7 Å². The molecule has 0 bridgehead atoms. The summed E-state index contributed by atoms with van der Waals surface area (Å²) in [5, 5.41) is 11.1. The van der Waals surface area contributed by atoms with Crippen molar-refractivity contribution in [3.05, 3.63) is 135 Å². The number of benzene rings is 4. The summed E-state index contributed by atoms with van der Waals surface area (Å²) in [6.07, 6.45) is 2.39. The highest BCUT2D eigenvalue weighted by Crippen LogP contribution is 2.52. The van der Waals surface area contributed by atoms with Crippen LogP contribution in [-0.2, 0) is 4.57 Å². The average Bonchev–Trinajstić information content (AvgIpc) is 2.88. The maximum absolute atomic E-state index is 14.5. The van der Waals surface area contributed by atoms with E-state index >= 15 is 0 Å². The highest BCUT2D eigenvalue weighted by Gasteiger charge is 2.44. The fourth-order valence-corrected chi connectivity index (χ4v) is 7.47. The summed E-state index contributed by atoms with van der Waals surface area (Å²) in [5.41, 5.74) is 5.34. The van der Waals surface area contributed by atoms with Crippen LogP contribution < -0.4 is 5.30 Å². The van der Waals surface area contributed by atoms with E-state index in [2.05, 4.69) is 11.4 Å². The fourth-order valence-electron chi connectivity index (χ4n) is 4.88. The molecule has 0 fully saturated rings. The Balaban J connectivity index is 0.000000395. The van der Waals surface area contributed by atoms with Gasteiger partial charge in [0.25, 0.3) is 0 Å². The standard InChI is InChI=1S/C26H27O3P.C7H6NO/c1-16-12-18(3)23(19(4)13-16)25(27)30(29,22-10-8-7-9-11-22)26(28)24-20(5)14-17(2)15-21(24)6;9-8-6-7-4-2-1-3-5-7/h7-15H,1-6H3;1-5,9H. The monoisotopic (exact) mass is 538 g/mol. The zero-order valence-corrected chi connectivity index (χ0v) is 24.0. The van der Waals surface area contributed by atoms with Gasteiger partial charge in [-0.3, -0.25) is 9.59 Å². The fraction of sp³-hybridized carbons (Fsp3) is 0.182. The number of hydrogen-bond donors (Lipinski definition) is 1. The largest absolute Gasteiger partial charge is 0.410 e. The van der Waals surface area contributed by atoms with Crippen LogP contribution in [0.15, 0.2) is 90.1 Å². The van der Waals surface area contributed by atoms with Gasteiger partial charge in [0.15, 0.2) is 0 Å². The molecule has 0 saturated carbocycles. The van der Waals surface area contributed by atoms with Crippen LogP contribution in [0.4, 0.5) is 0 Å². The number of rotatable bonds is 6. The first kappa shape index (κ1) is 29.5. The van der Waals surface area contributed by atoms with Crippen LogP contribution in [0.1, 0.15) is 59.7 Å². The van der Waals surface area contributed by atoms with Gasteiger partial charge in [-0.2, -0.15) is 0 Å². The van der Waals surface area contributed by atoms with Gasteiger partial charge in [0.05, 0.1) is 0 Å². The summed E-state index contributed by atoms with van der Waals surface area (Å²) < 4.78 is 14.5. The van der Waals surface area contributed by atoms with Gasteiger partial charge in [-0.05, 0) is 63.8 Å². The molecular weight excluding hydrogens is 505 g/mol. The van der Waals surface area contributed by atoms with Crippen molar-refractivity contribution in [1.82, 2.24) is 0 Å². The van der Waals surface area contributed by atoms with Crippen LogP contribution in [0.3, 0.4) is 0 Å². The predicted molar refractivity (Wildman–Crippen MR) is 158 cm³/mol. The number of hydrogen-bond acceptors (Lipinski definition) is 5. The molecule has 0 heterocycles. The Bertz CT molecular complexity index is 1450. The van der Waals surface area contributed by atoms with Crippen LogP contribution in [-0.4, -0.2) is 22.5 Å². The Kier molecular flexibility index (Phi) is 9.56. The molecule has 0 aliphatic carbocycles. The third-order valence-corrected chi connectivity index (χ3v) is 9.04. The highest BCUT2D eigenvalue weighted by atomic mass is 31.2. The minimum absolute atomic E-state index is 0.277. The highest BCUT2D eigenvalue weighted by molar-refractivity contribution is 8.01. The van der Waals surface area contributed by atoms with Crippen LogP contribution in [0.5, 0.6) is 0 Å². The lowest BCUT2D eigenvalue weighted by Gasteiger charge is -2.21. The Morgan fingerprint density at radius 2 is 1.00 bits per heavy atom. The van der Waals surface area contributed by atoms with Crippen molar-refractivity contribution in [2.45, 2.75) is 41.5 Å². The summed E-state index contributed by atoms with van der Waals surface area (Å²) in [6.45, 7) is 11.2. The smallest absolute Gasteiger partial charge is 0.248 e. The van der Waals surface area contributed by atoms with Gasteiger partial charge in [-0.25, -0.2) is 0 Å². The zero-order chi connectivity index (χ0) is 28.7. The minimum atomic E-state index is -4.11. The second-order valence-electron chi connectivity index (χ2n) is 9.68. The predicted octanol–water partition coefficient (Wildman–Crippen LogP) is 7.58. The second-order valence-corrected chi connectivity index (χ2v) is 12.2. The van der Waals surface area contributed by atoms with E-state index in [0.717, 1.165) is 38.9 Å². The number of carbonyl (C=O) groups excluding carboxylic acids is 2. The quantitative estimate of drug-likeness (QED) is 0.119. The SMILES string of the molecule is Cc1cc(C)c(C(=O)P(=O)(C(=O)c2c(C)cc(C)cc2C)c2ccccc2)c(C)c1.ON=[C]c1ccccc1. The molecule has 0 atom stereocenters. The molecule has 4 aromatic carbocycles. The van der Waals surface area contributed by atoms with Gasteiger partial charge in [0, 0.05) is 22.0 Å². The molecule has 1 radical (unpaired) electrons. The summed E-state index contributed by atoms with van der Waals surface area (Å²) in [5.74, 6) is 0. The Morgan fingerprint density at radius 1 is 0.641 bits per heavy atom. The molecule has 0 aliphatic heterocycles. The maximum Gasteiger partial charge on any atom is 0.248 e. The van der Waals surface area contributed by atoms with E-state index in [1.807, 2.05) is 84.0 Å². The lowest BCUT2D eigenvalue weighted by atomic mass is 10.0. The molecule has 0 unspecified atom stereocenters. The van der Waals surface area contributed by atoms with E-state index in [4.69, 9.17) is 5.21 Å². The molecule has 5 nitrogen and oxygen atoms in total. The van der Waals surface area contributed by atoms with Gasteiger partial charge in [-0.1, -0.05) is 101 Å². The molecule has 0 aromatic heterocycles. The molecule has 199 valence electrons. The Hall–Kier alpha value is -4.08. The molecule has 0 aliphatic rings. The van der Waals surface area contributed by atoms with Gasteiger partial charge >= 0.3 is 0 Å². The van der Waals surface area contributed by atoms with Crippen LogP contribution in [0, 0.1) is 41.5 Å². The first-order chi connectivity index (χ1) is 18.5. The molecule has 39 heavy (non-hydrogen) atoms. The zero-order valence-electron chi connectivity index (χ0n) is 23.1. The van der Waals surface area contributed by atoms with E-state index in [0.29, 0.717) is 11.1 Å². The van der Waals surface area contributed by atoms with Gasteiger partial charge in [0.2, 0.25) is 18.2 Å². The van der Waals surface area contributed by atoms with E-state index in [1.165, 1.54) is 0 Å². The Morgan fingerprint density at radius 3 is 1.36 bits per heavy atom. The number of nitrogens with zero attached hydrogens (tertiary/aromatic N) is 1. The number of carbonyl (C=O) groups is 2. The molecule has 0 saturated heterocycles. The van der Waals surface area contributed by atoms with Gasteiger partial charge in [-0.15, -0.1) is 0 Å². The van der Waals surface area contributed by atoms with Crippen molar-refractivity contribution in [2.75, 3.05) is 0 Å². The first-order valence-corrected chi connectivity index (χ1v) is 14.3.